The molecule has 0 aliphatic carbocycles. The second kappa shape index (κ2) is 7.10. The summed E-state index contributed by atoms with van der Waals surface area (Å²) in [4.78, 5) is 27.2. The number of carbonyl (C=O) groups excluding carboxylic acids is 1. The van der Waals surface area contributed by atoms with Gasteiger partial charge in [-0.05, 0) is 25.1 Å². The Bertz CT molecular complexity index is 750. The first kappa shape index (κ1) is 16.1. The second-order valence-electron chi connectivity index (χ2n) is 4.21. The molecule has 1 aromatic heterocycles. The van der Waals surface area contributed by atoms with E-state index in [9.17, 15) is 14.9 Å². The van der Waals surface area contributed by atoms with Crippen molar-refractivity contribution in [3.05, 3.63) is 58.3 Å². The van der Waals surface area contributed by atoms with E-state index in [0.717, 1.165) is 0 Å². The average molecular weight is 333 g/mol. The standard InChI is InChI=1S/C14H11N3O3S2/c1-9(21)22-12-6-3-7-15-13(12)16-14(18)10-4-2-5-11(8-10)17(19)20/h2-8H,1H3,(H,15,16,18). The average Bonchev–Trinajstić information content (AvgIpc) is 2.49. The van der Waals surface area contributed by atoms with Crippen LogP contribution in [0.1, 0.15) is 17.3 Å². The number of nitrogens with zero attached hydrogens (tertiary/aromatic N) is 2. The number of benzene rings is 1. The lowest BCUT2D eigenvalue weighted by Crippen LogP contribution is -2.14. The Morgan fingerprint density at radius 2 is 2.14 bits per heavy atom. The van der Waals surface area contributed by atoms with Crippen LogP contribution in [-0.4, -0.2) is 20.0 Å². The van der Waals surface area contributed by atoms with E-state index >= 15 is 0 Å². The lowest BCUT2D eigenvalue weighted by Gasteiger charge is -2.08. The predicted octanol–water partition coefficient (Wildman–Crippen LogP) is 3.68. The first-order chi connectivity index (χ1) is 10.5. The van der Waals surface area contributed by atoms with Gasteiger partial charge < -0.3 is 5.32 Å². The summed E-state index contributed by atoms with van der Waals surface area (Å²) in [5.41, 5.74) is 0.0490. The number of hydrogen-bond acceptors (Lipinski definition) is 6. The molecule has 22 heavy (non-hydrogen) atoms. The number of nitro groups is 1. The lowest BCUT2D eigenvalue weighted by atomic mass is 10.2. The maximum Gasteiger partial charge on any atom is 0.270 e. The number of amides is 1. The van der Waals surface area contributed by atoms with Crippen LogP contribution in [0.15, 0.2) is 47.5 Å². The first-order valence-corrected chi connectivity index (χ1v) is 7.39. The first-order valence-electron chi connectivity index (χ1n) is 6.16. The minimum atomic E-state index is -0.547. The van der Waals surface area contributed by atoms with Crippen molar-refractivity contribution in [2.75, 3.05) is 5.32 Å². The Morgan fingerprint density at radius 1 is 1.36 bits per heavy atom. The maximum atomic E-state index is 12.2. The highest BCUT2D eigenvalue weighted by Crippen LogP contribution is 2.26. The number of carbonyl (C=O) groups is 1. The van der Waals surface area contributed by atoms with Gasteiger partial charge >= 0.3 is 0 Å². The molecule has 1 heterocycles. The molecule has 0 fully saturated rings. The van der Waals surface area contributed by atoms with E-state index in [1.165, 1.54) is 36.0 Å². The van der Waals surface area contributed by atoms with E-state index < -0.39 is 10.8 Å². The molecule has 1 amide bonds. The third kappa shape index (κ3) is 4.09. The SMILES string of the molecule is CC(=S)Sc1cccnc1NC(=O)c1cccc([N+](=O)[O-])c1. The summed E-state index contributed by atoms with van der Waals surface area (Å²) >= 11 is 6.35. The molecule has 0 bridgehead atoms. The molecular formula is C14H11N3O3S2. The van der Waals surface area contributed by atoms with Gasteiger partial charge in [0.1, 0.15) is 5.82 Å². The third-order valence-electron chi connectivity index (χ3n) is 2.58. The van der Waals surface area contributed by atoms with E-state index in [0.29, 0.717) is 14.9 Å². The van der Waals surface area contributed by atoms with Gasteiger partial charge in [0.2, 0.25) is 0 Å². The van der Waals surface area contributed by atoms with Crippen LogP contribution in [0.5, 0.6) is 0 Å². The number of pyridine rings is 1. The number of nitro benzene ring substituents is 1. The molecule has 0 atom stereocenters. The Morgan fingerprint density at radius 3 is 2.82 bits per heavy atom. The number of hydrogen-bond donors (Lipinski definition) is 1. The molecule has 0 aliphatic heterocycles. The van der Waals surface area contributed by atoms with Crippen molar-refractivity contribution >= 4 is 45.6 Å². The van der Waals surface area contributed by atoms with E-state index in [-0.39, 0.29) is 11.3 Å². The van der Waals surface area contributed by atoms with E-state index in [4.69, 9.17) is 12.2 Å². The van der Waals surface area contributed by atoms with Crippen LogP contribution in [0.4, 0.5) is 11.5 Å². The molecule has 8 heteroatoms. The second-order valence-corrected chi connectivity index (χ2v) is 6.33. The molecule has 2 aromatic rings. The molecule has 6 nitrogen and oxygen atoms in total. The van der Waals surface area contributed by atoms with Gasteiger partial charge in [0.25, 0.3) is 11.6 Å². The molecule has 1 aromatic carbocycles. The van der Waals surface area contributed by atoms with Crippen molar-refractivity contribution in [3.63, 3.8) is 0 Å². The topological polar surface area (TPSA) is 85.1 Å². The van der Waals surface area contributed by atoms with Gasteiger partial charge in [-0.3, -0.25) is 14.9 Å². The summed E-state index contributed by atoms with van der Waals surface area (Å²) in [6.07, 6.45) is 1.55. The summed E-state index contributed by atoms with van der Waals surface area (Å²) in [7, 11) is 0. The minimum Gasteiger partial charge on any atom is -0.306 e. The Hall–Kier alpha value is -2.32. The van der Waals surface area contributed by atoms with Crippen LogP contribution in [-0.2, 0) is 0 Å². The number of non-ortho nitro benzene ring substituents is 1. The molecule has 0 unspecified atom stereocenters. The smallest absolute Gasteiger partial charge is 0.270 e. The molecule has 0 saturated heterocycles. The monoisotopic (exact) mass is 333 g/mol. The van der Waals surface area contributed by atoms with Gasteiger partial charge in [-0.25, -0.2) is 4.98 Å². The Kier molecular flexibility index (Phi) is 5.18. The highest BCUT2D eigenvalue weighted by molar-refractivity contribution is 8.23. The van der Waals surface area contributed by atoms with E-state index in [2.05, 4.69) is 10.3 Å². The highest BCUT2D eigenvalue weighted by atomic mass is 32.2. The summed E-state index contributed by atoms with van der Waals surface area (Å²) in [6, 6.07) is 9.04. The van der Waals surface area contributed by atoms with Gasteiger partial charge in [0, 0.05) is 28.1 Å². The largest absolute Gasteiger partial charge is 0.306 e. The fourth-order valence-electron chi connectivity index (χ4n) is 1.66. The van der Waals surface area contributed by atoms with Crippen LogP contribution in [0.3, 0.4) is 0 Å². The highest BCUT2D eigenvalue weighted by Gasteiger charge is 2.14. The van der Waals surface area contributed by atoms with Gasteiger partial charge in [-0.2, -0.15) is 0 Å². The number of aromatic nitrogens is 1. The zero-order valence-electron chi connectivity index (χ0n) is 11.5. The van der Waals surface area contributed by atoms with Crippen LogP contribution < -0.4 is 5.32 Å². The lowest BCUT2D eigenvalue weighted by molar-refractivity contribution is -0.384. The van der Waals surface area contributed by atoms with Crippen molar-refractivity contribution in [1.82, 2.24) is 4.98 Å². The summed E-state index contributed by atoms with van der Waals surface area (Å²) in [6.45, 7) is 1.78. The Labute approximate surface area is 136 Å². The van der Waals surface area contributed by atoms with E-state index in [1.807, 2.05) is 0 Å². The summed E-state index contributed by atoms with van der Waals surface area (Å²) in [5, 5.41) is 13.4. The van der Waals surface area contributed by atoms with Crippen molar-refractivity contribution in [1.29, 1.82) is 0 Å². The third-order valence-corrected chi connectivity index (χ3v) is 3.66. The van der Waals surface area contributed by atoms with Crippen molar-refractivity contribution in [2.24, 2.45) is 0 Å². The quantitative estimate of drug-likeness (QED) is 0.397. The molecule has 0 saturated carbocycles. The fraction of sp³-hybridized carbons (Fsp3) is 0.0714. The molecule has 0 aliphatic rings. The maximum absolute atomic E-state index is 12.2. The number of thiocarbonyl (C=S) groups is 1. The molecular weight excluding hydrogens is 322 g/mol. The van der Waals surface area contributed by atoms with Crippen LogP contribution >= 0.6 is 24.0 Å². The van der Waals surface area contributed by atoms with Crippen LogP contribution in [0, 0.1) is 10.1 Å². The molecule has 112 valence electrons. The van der Waals surface area contributed by atoms with Gasteiger partial charge in [0.15, 0.2) is 0 Å². The predicted molar refractivity (Wildman–Crippen MR) is 89.4 cm³/mol. The normalized spacial score (nSPS) is 10.0. The van der Waals surface area contributed by atoms with Crippen molar-refractivity contribution in [3.8, 4) is 0 Å². The summed E-state index contributed by atoms with van der Waals surface area (Å²) in [5.74, 6) is -0.0977. The number of anilines is 1. The fourth-order valence-corrected chi connectivity index (χ4v) is 2.59. The molecule has 0 radical (unpaired) electrons. The zero-order chi connectivity index (χ0) is 16.1. The zero-order valence-corrected chi connectivity index (χ0v) is 13.1. The van der Waals surface area contributed by atoms with Crippen molar-refractivity contribution < 1.29 is 9.72 Å². The molecule has 2 rings (SSSR count). The van der Waals surface area contributed by atoms with E-state index in [1.54, 1.807) is 25.3 Å². The van der Waals surface area contributed by atoms with Gasteiger partial charge in [-0.15, -0.1) is 0 Å². The van der Waals surface area contributed by atoms with Crippen LogP contribution in [0.25, 0.3) is 0 Å². The van der Waals surface area contributed by atoms with Crippen LogP contribution in [0.2, 0.25) is 0 Å². The number of thioether (sulfide) groups is 1. The van der Waals surface area contributed by atoms with Gasteiger partial charge in [-0.1, -0.05) is 30.0 Å². The molecule has 1 N–H and O–H groups in total. The van der Waals surface area contributed by atoms with Gasteiger partial charge in [0.05, 0.1) is 9.82 Å². The van der Waals surface area contributed by atoms with Crippen molar-refractivity contribution in [2.45, 2.75) is 11.8 Å². The minimum absolute atomic E-state index is 0.141. The number of rotatable bonds is 4. The molecule has 0 spiro atoms. The Balaban J connectivity index is 2.24. The summed E-state index contributed by atoms with van der Waals surface area (Å²) < 4.78 is 0.693. The number of nitrogens with one attached hydrogen (secondary N) is 1.